The quantitative estimate of drug-likeness (QED) is 0.932. The molecule has 0 aliphatic rings. The number of hydrogen-bond donors (Lipinski definition) is 1. The summed E-state index contributed by atoms with van der Waals surface area (Å²) in [6, 6.07) is 4.58. The number of nitrogens with one attached hydrogen (secondary N) is 1. The lowest BCUT2D eigenvalue weighted by molar-refractivity contribution is 0.742. The first-order valence-electron chi connectivity index (χ1n) is 6.21. The zero-order valence-corrected chi connectivity index (χ0v) is 12.7. The number of nitriles is 1. The van der Waals surface area contributed by atoms with Crippen LogP contribution >= 0.6 is 11.3 Å². The summed E-state index contributed by atoms with van der Waals surface area (Å²) in [6.07, 6.45) is 0. The molecule has 4 nitrogen and oxygen atoms in total. The lowest BCUT2D eigenvalue weighted by Gasteiger charge is -2.15. The molecular weight excluding hydrogens is 256 g/mol. The third kappa shape index (κ3) is 2.49. The highest BCUT2D eigenvalue weighted by atomic mass is 32.1. The molecule has 19 heavy (non-hydrogen) atoms. The van der Waals surface area contributed by atoms with Crippen LogP contribution in [-0.4, -0.2) is 9.78 Å². The van der Waals surface area contributed by atoms with Crippen LogP contribution < -0.4 is 5.32 Å². The Bertz CT molecular complexity index is 645. The molecule has 0 amide bonds. The molecule has 0 radical (unpaired) electrons. The standard InChI is InChI=1S/C14H18N4S/c1-8-6-12(11(4)19-8)9(2)16-14-13(7-15)10(3)17-18(14)5/h6,9,16H,1-5H3. The molecule has 0 saturated carbocycles. The molecule has 2 aromatic heterocycles. The van der Waals surface area contributed by atoms with Gasteiger partial charge in [0.05, 0.1) is 11.7 Å². The zero-order valence-electron chi connectivity index (χ0n) is 11.9. The maximum atomic E-state index is 9.21. The summed E-state index contributed by atoms with van der Waals surface area (Å²) in [5.74, 6) is 0.788. The fourth-order valence-corrected chi connectivity index (χ4v) is 3.34. The highest BCUT2D eigenvalue weighted by molar-refractivity contribution is 7.12. The smallest absolute Gasteiger partial charge is 0.142 e. The predicted octanol–water partition coefficient (Wildman–Crippen LogP) is 3.45. The summed E-state index contributed by atoms with van der Waals surface area (Å²) in [4.78, 5) is 2.62. The second-order valence-corrected chi connectivity index (χ2v) is 6.24. The van der Waals surface area contributed by atoms with Crippen molar-refractivity contribution in [2.24, 2.45) is 7.05 Å². The molecule has 1 unspecified atom stereocenters. The molecule has 1 atom stereocenters. The van der Waals surface area contributed by atoms with Crippen LogP contribution in [0.2, 0.25) is 0 Å². The summed E-state index contributed by atoms with van der Waals surface area (Å²) in [5, 5.41) is 16.9. The van der Waals surface area contributed by atoms with Gasteiger partial charge in [0.2, 0.25) is 0 Å². The zero-order chi connectivity index (χ0) is 14.2. The molecule has 5 heteroatoms. The molecule has 0 aliphatic carbocycles. The van der Waals surface area contributed by atoms with Crippen LogP contribution in [0, 0.1) is 32.1 Å². The second-order valence-electron chi connectivity index (χ2n) is 4.78. The Morgan fingerprint density at radius 1 is 1.42 bits per heavy atom. The van der Waals surface area contributed by atoms with Gasteiger partial charge in [-0.2, -0.15) is 10.4 Å². The first-order valence-corrected chi connectivity index (χ1v) is 7.02. The lowest BCUT2D eigenvalue weighted by atomic mass is 10.1. The van der Waals surface area contributed by atoms with Crippen LogP contribution in [-0.2, 0) is 7.05 Å². The largest absolute Gasteiger partial charge is 0.363 e. The van der Waals surface area contributed by atoms with E-state index in [-0.39, 0.29) is 6.04 Å². The molecule has 0 aliphatic heterocycles. The van der Waals surface area contributed by atoms with Crippen molar-refractivity contribution in [1.82, 2.24) is 9.78 Å². The predicted molar refractivity (Wildman–Crippen MR) is 78.5 cm³/mol. The summed E-state index contributed by atoms with van der Waals surface area (Å²) in [7, 11) is 1.86. The molecule has 0 bridgehead atoms. The normalized spacial score (nSPS) is 12.2. The van der Waals surface area contributed by atoms with E-state index in [1.807, 2.05) is 14.0 Å². The molecule has 0 saturated heterocycles. The summed E-state index contributed by atoms with van der Waals surface area (Å²) in [5.41, 5.74) is 2.67. The van der Waals surface area contributed by atoms with Crippen molar-refractivity contribution in [2.75, 3.05) is 5.32 Å². The third-order valence-electron chi connectivity index (χ3n) is 3.23. The van der Waals surface area contributed by atoms with E-state index in [4.69, 9.17) is 0 Å². The van der Waals surface area contributed by atoms with Gasteiger partial charge in [0.15, 0.2) is 0 Å². The molecule has 2 aromatic rings. The number of hydrogen-bond acceptors (Lipinski definition) is 4. The monoisotopic (exact) mass is 274 g/mol. The van der Waals surface area contributed by atoms with Crippen LogP contribution in [0.4, 0.5) is 5.82 Å². The number of aromatic nitrogens is 2. The van der Waals surface area contributed by atoms with Crippen molar-refractivity contribution in [3.8, 4) is 6.07 Å². The van der Waals surface area contributed by atoms with Gasteiger partial charge in [0, 0.05) is 16.8 Å². The Hall–Kier alpha value is -1.80. The minimum absolute atomic E-state index is 0.159. The molecule has 0 spiro atoms. The van der Waals surface area contributed by atoms with Gasteiger partial charge in [-0.15, -0.1) is 11.3 Å². The number of nitrogens with zero attached hydrogens (tertiary/aromatic N) is 3. The van der Waals surface area contributed by atoms with Gasteiger partial charge in [-0.05, 0) is 39.3 Å². The fraction of sp³-hybridized carbons (Fsp3) is 0.429. The van der Waals surface area contributed by atoms with Crippen molar-refractivity contribution in [3.05, 3.63) is 32.6 Å². The van der Waals surface area contributed by atoms with E-state index in [1.165, 1.54) is 15.3 Å². The highest BCUT2D eigenvalue weighted by Crippen LogP contribution is 2.29. The van der Waals surface area contributed by atoms with Crippen molar-refractivity contribution >= 4 is 17.2 Å². The van der Waals surface area contributed by atoms with Gasteiger partial charge >= 0.3 is 0 Å². The van der Waals surface area contributed by atoms with Gasteiger partial charge in [-0.3, -0.25) is 4.68 Å². The molecule has 2 rings (SSSR count). The summed E-state index contributed by atoms with van der Waals surface area (Å²) in [6.45, 7) is 8.21. The SMILES string of the molecule is Cc1cc(C(C)Nc2c(C#N)c(C)nn2C)c(C)s1. The Morgan fingerprint density at radius 2 is 2.11 bits per heavy atom. The van der Waals surface area contributed by atoms with E-state index < -0.39 is 0 Å². The van der Waals surface area contributed by atoms with E-state index in [2.05, 4.69) is 43.3 Å². The topological polar surface area (TPSA) is 53.6 Å². The van der Waals surface area contributed by atoms with Crippen molar-refractivity contribution in [2.45, 2.75) is 33.7 Å². The molecule has 1 N–H and O–H groups in total. The summed E-state index contributed by atoms with van der Waals surface area (Å²) < 4.78 is 1.74. The van der Waals surface area contributed by atoms with Crippen molar-refractivity contribution < 1.29 is 0 Å². The van der Waals surface area contributed by atoms with Crippen LogP contribution in [0.3, 0.4) is 0 Å². The van der Waals surface area contributed by atoms with Crippen molar-refractivity contribution in [1.29, 1.82) is 5.26 Å². The number of thiophene rings is 1. The Labute approximate surface area is 117 Å². The van der Waals surface area contributed by atoms with Crippen molar-refractivity contribution in [3.63, 3.8) is 0 Å². The van der Waals surface area contributed by atoms with Gasteiger partial charge in [0.1, 0.15) is 17.5 Å². The average Bonchev–Trinajstić information content (AvgIpc) is 2.79. The van der Waals surface area contributed by atoms with Crippen LogP contribution in [0.25, 0.3) is 0 Å². The lowest BCUT2D eigenvalue weighted by Crippen LogP contribution is -2.11. The molecular formula is C14H18N4S. The summed E-state index contributed by atoms with van der Waals surface area (Å²) >= 11 is 1.80. The van der Waals surface area contributed by atoms with Crippen LogP contribution in [0.15, 0.2) is 6.07 Å². The maximum Gasteiger partial charge on any atom is 0.142 e. The number of aryl methyl sites for hydroxylation is 4. The first-order chi connectivity index (χ1) is 8.93. The van der Waals surface area contributed by atoms with E-state index in [0.29, 0.717) is 5.56 Å². The minimum atomic E-state index is 0.159. The Balaban J connectivity index is 2.32. The Kier molecular flexibility index (Phi) is 3.63. The average molecular weight is 274 g/mol. The molecule has 0 fully saturated rings. The van der Waals surface area contributed by atoms with Crippen LogP contribution in [0.1, 0.15) is 39.5 Å². The van der Waals surface area contributed by atoms with Gasteiger partial charge in [-0.25, -0.2) is 0 Å². The van der Waals surface area contributed by atoms with Gasteiger partial charge < -0.3 is 5.32 Å². The van der Waals surface area contributed by atoms with Gasteiger partial charge in [-0.1, -0.05) is 0 Å². The second kappa shape index (κ2) is 5.06. The van der Waals surface area contributed by atoms with Crippen LogP contribution in [0.5, 0.6) is 0 Å². The minimum Gasteiger partial charge on any atom is -0.363 e. The number of anilines is 1. The first kappa shape index (κ1) is 13.6. The molecule has 100 valence electrons. The molecule has 0 aromatic carbocycles. The Morgan fingerprint density at radius 3 is 2.63 bits per heavy atom. The molecule has 2 heterocycles. The fourth-order valence-electron chi connectivity index (χ4n) is 2.32. The van der Waals surface area contributed by atoms with E-state index >= 15 is 0 Å². The van der Waals surface area contributed by atoms with E-state index in [1.54, 1.807) is 16.0 Å². The third-order valence-corrected chi connectivity index (χ3v) is 4.21. The maximum absolute atomic E-state index is 9.21. The number of rotatable bonds is 3. The highest BCUT2D eigenvalue weighted by Gasteiger charge is 2.17. The van der Waals surface area contributed by atoms with Gasteiger partial charge in [0.25, 0.3) is 0 Å². The van der Waals surface area contributed by atoms with E-state index in [9.17, 15) is 5.26 Å². The van der Waals surface area contributed by atoms with E-state index in [0.717, 1.165) is 11.5 Å².